The quantitative estimate of drug-likeness (QED) is 0.467. The van der Waals surface area contributed by atoms with Crippen LogP contribution in [0.5, 0.6) is 0 Å². The minimum Gasteiger partial charge on any atom is -0.313 e. The molecule has 0 saturated heterocycles. The fourth-order valence-electron chi connectivity index (χ4n) is 1.31. The number of hydrogen-bond donors (Lipinski definition) is 1. The van der Waals surface area contributed by atoms with Crippen molar-refractivity contribution in [3.63, 3.8) is 0 Å². The van der Waals surface area contributed by atoms with Gasteiger partial charge in [0.15, 0.2) is 0 Å². The van der Waals surface area contributed by atoms with E-state index < -0.39 is 0 Å². The van der Waals surface area contributed by atoms with E-state index in [0.717, 1.165) is 17.6 Å². The van der Waals surface area contributed by atoms with E-state index in [1.165, 1.54) is 4.90 Å². The molecule has 1 rings (SSSR count). The van der Waals surface area contributed by atoms with Crippen LogP contribution in [0.1, 0.15) is 13.8 Å². The molecule has 1 nitrogen and oxygen atoms in total. The van der Waals surface area contributed by atoms with Gasteiger partial charge in [-0.2, -0.15) is 0 Å². The third-order valence-electron chi connectivity index (χ3n) is 2.68. The summed E-state index contributed by atoms with van der Waals surface area (Å²) in [5.41, 5.74) is 0. The fraction of sp³-hybridized carbons (Fsp3) is 0.538. The molecule has 0 spiro atoms. The first-order valence-corrected chi connectivity index (χ1v) is 7.82. The Bertz CT molecular complexity index is 279. The Hall–Kier alpha value is 0.0100. The molecule has 0 saturated carbocycles. The molecule has 0 aliphatic heterocycles. The molecule has 90 valence electrons. The Balaban J connectivity index is 2.13. The van der Waals surface area contributed by atoms with E-state index >= 15 is 0 Å². The van der Waals surface area contributed by atoms with Crippen LogP contribution in [0.25, 0.3) is 0 Å². The molecule has 0 aliphatic carbocycles. The van der Waals surface area contributed by atoms with Crippen LogP contribution in [-0.4, -0.2) is 23.7 Å². The number of nitrogens with one attached hydrogen (secondary N) is 1. The van der Waals surface area contributed by atoms with Crippen molar-refractivity contribution in [2.24, 2.45) is 5.92 Å². The summed E-state index contributed by atoms with van der Waals surface area (Å²) in [6, 6.07) is 11.1. The number of halogens is 1. The van der Waals surface area contributed by atoms with Crippen LogP contribution in [0, 0.1) is 5.92 Å². The Morgan fingerprint density at radius 1 is 1.25 bits per heavy atom. The van der Waals surface area contributed by atoms with Crippen LogP contribution in [0.4, 0.5) is 0 Å². The third kappa shape index (κ3) is 5.37. The number of rotatable bonds is 7. The van der Waals surface area contributed by atoms with Crippen molar-refractivity contribution < 1.29 is 0 Å². The van der Waals surface area contributed by atoms with Crippen molar-refractivity contribution in [1.29, 1.82) is 0 Å². The normalized spacial score (nSPS) is 14.7. The lowest BCUT2D eigenvalue weighted by Crippen LogP contribution is -2.34. The molecule has 0 amide bonds. The predicted molar refractivity (Wildman–Crippen MR) is 77.6 cm³/mol. The van der Waals surface area contributed by atoms with Gasteiger partial charge in [0.1, 0.15) is 0 Å². The van der Waals surface area contributed by atoms with Crippen molar-refractivity contribution in [2.75, 3.05) is 17.6 Å². The Kier molecular flexibility index (Phi) is 7.17. The zero-order valence-corrected chi connectivity index (χ0v) is 12.4. The zero-order valence-electron chi connectivity index (χ0n) is 9.95. The number of benzene rings is 1. The van der Waals surface area contributed by atoms with Gasteiger partial charge in [-0.1, -0.05) is 41.1 Å². The average molecular weight is 302 g/mol. The third-order valence-corrected chi connectivity index (χ3v) is 4.71. The van der Waals surface area contributed by atoms with E-state index in [2.05, 4.69) is 65.4 Å². The second kappa shape index (κ2) is 8.15. The molecule has 1 aromatic carbocycles. The molecule has 2 atom stereocenters. The van der Waals surface area contributed by atoms with E-state index in [1.807, 2.05) is 11.8 Å². The van der Waals surface area contributed by atoms with Gasteiger partial charge in [-0.3, -0.25) is 0 Å². The SMILES string of the molecule is CC(CBr)C(C)NCCSc1ccccc1. The molecule has 2 unspecified atom stereocenters. The van der Waals surface area contributed by atoms with Gasteiger partial charge in [0, 0.05) is 28.6 Å². The molecular formula is C13H20BrNS. The lowest BCUT2D eigenvalue weighted by atomic mass is 10.1. The van der Waals surface area contributed by atoms with Crippen molar-refractivity contribution in [2.45, 2.75) is 24.8 Å². The van der Waals surface area contributed by atoms with E-state index in [9.17, 15) is 0 Å². The van der Waals surface area contributed by atoms with Crippen molar-refractivity contribution >= 4 is 27.7 Å². The maximum atomic E-state index is 3.55. The van der Waals surface area contributed by atoms with Crippen LogP contribution >= 0.6 is 27.7 Å². The first-order valence-electron chi connectivity index (χ1n) is 5.71. The summed E-state index contributed by atoms with van der Waals surface area (Å²) in [6.07, 6.45) is 0. The summed E-state index contributed by atoms with van der Waals surface area (Å²) in [7, 11) is 0. The fourth-order valence-corrected chi connectivity index (χ4v) is 2.67. The standard InChI is InChI=1S/C13H20BrNS/c1-11(10-14)12(2)15-8-9-16-13-6-4-3-5-7-13/h3-7,11-12,15H,8-10H2,1-2H3. The smallest absolute Gasteiger partial charge is 0.0106 e. The Morgan fingerprint density at radius 3 is 2.56 bits per heavy atom. The molecule has 0 heterocycles. The molecule has 0 bridgehead atoms. The average Bonchev–Trinajstić information content (AvgIpc) is 2.34. The lowest BCUT2D eigenvalue weighted by molar-refractivity contribution is 0.446. The molecule has 0 fully saturated rings. The Labute approximate surface area is 112 Å². The van der Waals surface area contributed by atoms with Gasteiger partial charge < -0.3 is 5.32 Å². The summed E-state index contributed by atoms with van der Waals surface area (Å²) in [5, 5.41) is 4.62. The summed E-state index contributed by atoms with van der Waals surface area (Å²) in [5.74, 6) is 1.81. The summed E-state index contributed by atoms with van der Waals surface area (Å²) >= 11 is 5.42. The second-order valence-electron chi connectivity index (χ2n) is 4.04. The van der Waals surface area contributed by atoms with Crippen molar-refractivity contribution in [1.82, 2.24) is 5.32 Å². The van der Waals surface area contributed by atoms with Gasteiger partial charge >= 0.3 is 0 Å². The first kappa shape index (κ1) is 14.1. The highest BCUT2D eigenvalue weighted by molar-refractivity contribution is 9.09. The van der Waals surface area contributed by atoms with Crippen LogP contribution < -0.4 is 5.32 Å². The maximum Gasteiger partial charge on any atom is 0.0106 e. The van der Waals surface area contributed by atoms with Gasteiger partial charge in [-0.05, 0) is 25.0 Å². The van der Waals surface area contributed by atoms with E-state index in [-0.39, 0.29) is 0 Å². The predicted octanol–water partition coefficient (Wildman–Crippen LogP) is 3.79. The van der Waals surface area contributed by atoms with Crippen molar-refractivity contribution in [3.8, 4) is 0 Å². The molecular weight excluding hydrogens is 282 g/mol. The summed E-state index contributed by atoms with van der Waals surface area (Å²) < 4.78 is 0. The van der Waals surface area contributed by atoms with Crippen molar-refractivity contribution in [3.05, 3.63) is 30.3 Å². The number of thioether (sulfide) groups is 1. The van der Waals surface area contributed by atoms with E-state index in [1.54, 1.807) is 0 Å². The van der Waals surface area contributed by atoms with E-state index in [0.29, 0.717) is 12.0 Å². The highest BCUT2D eigenvalue weighted by Gasteiger charge is 2.08. The first-order chi connectivity index (χ1) is 7.74. The Morgan fingerprint density at radius 2 is 1.94 bits per heavy atom. The van der Waals surface area contributed by atoms with Gasteiger partial charge in [-0.25, -0.2) is 0 Å². The van der Waals surface area contributed by atoms with Gasteiger partial charge in [0.05, 0.1) is 0 Å². The summed E-state index contributed by atoms with van der Waals surface area (Å²) in [6.45, 7) is 5.58. The van der Waals surface area contributed by atoms with Crippen LogP contribution in [0.3, 0.4) is 0 Å². The number of hydrogen-bond acceptors (Lipinski definition) is 2. The van der Waals surface area contributed by atoms with Crippen LogP contribution in [0.15, 0.2) is 35.2 Å². The number of alkyl halides is 1. The summed E-state index contributed by atoms with van der Waals surface area (Å²) in [4.78, 5) is 1.35. The highest BCUT2D eigenvalue weighted by Crippen LogP contribution is 2.16. The van der Waals surface area contributed by atoms with E-state index in [4.69, 9.17) is 0 Å². The monoisotopic (exact) mass is 301 g/mol. The zero-order chi connectivity index (χ0) is 11.8. The minimum absolute atomic E-state index is 0.579. The van der Waals surface area contributed by atoms with Gasteiger partial charge in [-0.15, -0.1) is 11.8 Å². The van der Waals surface area contributed by atoms with Crippen LogP contribution in [0.2, 0.25) is 0 Å². The molecule has 1 N–H and O–H groups in total. The molecule has 16 heavy (non-hydrogen) atoms. The molecule has 3 heteroatoms. The molecule has 0 radical (unpaired) electrons. The maximum absolute atomic E-state index is 3.55. The largest absolute Gasteiger partial charge is 0.313 e. The van der Waals surface area contributed by atoms with Crippen LogP contribution in [-0.2, 0) is 0 Å². The van der Waals surface area contributed by atoms with Gasteiger partial charge in [0.2, 0.25) is 0 Å². The molecule has 0 aliphatic rings. The lowest BCUT2D eigenvalue weighted by Gasteiger charge is -2.19. The minimum atomic E-state index is 0.579. The second-order valence-corrected chi connectivity index (χ2v) is 5.85. The molecule has 0 aromatic heterocycles. The highest BCUT2D eigenvalue weighted by atomic mass is 79.9. The van der Waals surface area contributed by atoms with Gasteiger partial charge in [0.25, 0.3) is 0 Å². The molecule has 1 aromatic rings. The topological polar surface area (TPSA) is 12.0 Å².